The highest BCUT2D eigenvalue weighted by Crippen LogP contribution is 2.00. The SMILES string of the molecule is CO.[B]c1c(C)n(C)c(C)c(C=O)c1=O. The van der Waals surface area contributed by atoms with Gasteiger partial charge in [-0.05, 0) is 19.3 Å². The summed E-state index contributed by atoms with van der Waals surface area (Å²) in [5.41, 5.74) is 1.25. The van der Waals surface area contributed by atoms with Gasteiger partial charge in [0.2, 0.25) is 0 Å². The molecule has 4 nitrogen and oxygen atoms in total. The van der Waals surface area contributed by atoms with Gasteiger partial charge in [-0.25, -0.2) is 0 Å². The van der Waals surface area contributed by atoms with Crippen molar-refractivity contribution in [3.05, 3.63) is 27.2 Å². The van der Waals surface area contributed by atoms with Gasteiger partial charge < -0.3 is 9.67 Å². The molecule has 2 radical (unpaired) electrons. The second-order valence-corrected chi connectivity index (χ2v) is 3.00. The van der Waals surface area contributed by atoms with E-state index in [1.165, 1.54) is 0 Å². The van der Waals surface area contributed by atoms with Crippen LogP contribution < -0.4 is 10.9 Å². The lowest BCUT2D eigenvalue weighted by Gasteiger charge is -2.13. The van der Waals surface area contributed by atoms with E-state index in [1.54, 1.807) is 25.5 Å². The van der Waals surface area contributed by atoms with Gasteiger partial charge in [0.25, 0.3) is 0 Å². The highest BCUT2D eigenvalue weighted by atomic mass is 16.2. The predicted molar refractivity (Wildman–Crippen MR) is 60.1 cm³/mol. The van der Waals surface area contributed by atoms with Crippen LogP contribution in [-0.4, -0.2) is 30.9 Å². The fourth-order valence-electron chi connectivity index (χ4n) is 1.23. The van der Waals surface area contributed by atoms with Crippen molar-refractivity contribution >= 4 is 19.6 Å². The van der Waals surface area contributed by atoms with Crippen molar-refractivity contribution in [1.29, 1.82) is 0 Å². The number of nitrogens with zero attached hydrogens (tertiary/aromatic N) is 1. The molecular weight excluding hydrogens is 193 g/mol. The van der Waals surface area contributed by atoms with Crippen molar-refractivity contribution in [1.82, 2.24) is 4.57 Å². The summed E-state index contributed by atoms with van der Waals surface area (Å²) in [6.45, 7) is 3.47. The smallest absolute Gasteiger partial charge is 0.185 e. The molecule has 0 saturated heterocycles. The quantitative estimate of drug-likeness (QED) is 0.485. The zero-order chi connectivity index (χ0) is 12.2. The first kappa shape index (κ1) is 13.6. The Morgan fingerprint density at radius 1 is 1.27 bits per heavy atom. The molecule has 0 aliphatic heterocycles. The number of carbonyl (C=O) groups excluding carboxylic acids is 1. The van der Waals surface area contributed by atoms with Crippen LogP contribution in [0.3, 0.4) is 0 Å². The Morgan fingerprint density at radius 3 is 2.13 bits per heavy atom. The fourth-order valence-corrected chi connectivity index (χ4v) is 1.23. The molecule has 0 bridgehead atoms. The normalized spacial score (nSPS) is 9.13. The second-order valence-electron chi connectivity index (χ2n) is 3.00. The molecule has 5 heteroatoms. The Hall–Kier alpha value is -1.36. The Kier molecular flexibility index (Phi) is 5.01. The molecule has 15 heavy (non-hydrogen) atoms. The molecule has 0 atom stereocenters. The van der Waals surface area contributed by atoms with Crippen LogP contribution in [0.5, 0.6) is 0 Å². The number of carbonyl (C=O) groups is 1. The maximum absolute atomic E-state index is 11.4. The molecule has 0 fully saturated rings. The third-order valence-electron chi connectivity index (χ3n) is 2.39. The summed E-state index contributed by atoms with van der Waals surface area (Å²) in [6, 6.07) is 0. The first-order valence-corrected chi connectivity index (χ1v) is 4.36. The van der Waals surface area contributed by atoms with Gasteiger partial charge in [0.15, 0.2) is 11.7 Å². The highest BCUT2D eigenvalue weighted by molar-refractivity contribution is 6.33. The van der Waals surface area contributed by atoms with Crippen molar-refractivity contribution in [3.63, 3.8) is 0 Å². The Balaban J connectivity index is 0.000000921. The van der Waals surface area contributed by atoms with Crippen molar-refractivity contribution < 1.29 is 9.90 Å². The van der Waals surface area contributed by atoms with Crippen LogP contribution in [0.15, 0.2) is 4.79 Å². The van der Waals surface area contributed by atoms with E-state index in [9.17, 15) is 9.59 Å². The van der Waals surface area contributed by atoms with Crippen LogP contribution in [0.2, 0.25) is 0 Å². The average Bonchev–Trinajstić information content (AvgIpc) is 2.27. The zero-order valence-corrected chi connectivity index (χ0v) is 9.37. The third-order valence-corrected chi connectivity index (χ3v) is 2.39. The molecule has 0 aliphatic carbocycles. The number of pyridine rings is 1. The number of aliphatic hydroxyl groups is 1. The molecule has 0 saturated carbocycles. The number of aliphatic hydroxyl groups excluding tert-OH is 1. The van der Waals surface area contributed by atoms with Crippen molar-refractivity contribution in [2.45, 2.75) is 13.8 Å². The number of aromatic nitrogens is 1. The number of hydrogen-bond donors (Lipinski definition) is 1. The van der Waals surface area contributed by atoms with Crippen LogP contribution in [0, 0.1) is 13.8 Å². The first-order valence-electron chi connectivity index (χ1n) is 4.36. The van der Waals surface area contributed by atoms with E-state index in [0.29, 0.717) is 17.7 Å². The van der Waals surface area contributed by atoms with Crippen LogP contribution in [0.1, 0.15) is 21.7 Å². The average molecular weight is 207 g/mol. The van der Waals surface area contributed by atoms with Gasteiger partial charge in [0, 0.05) is 25.5 Å². The minimum absolute atomic E-state index is 0.144. The molecule has 80 valence electrons. The minimum Gasteiger partial charge on any atom is -0.400 e. The zero-order valence-electron chi connectivity index (χ0n) is 9.37. The van der Waals surface area contributed by atoms with Gasteiger partial charge in [-0.15, -0.1) is 0 Å². The van der Waals surface area contributed by atoms with E-state index in [-0.39, 0.29) is 16.5 Å². The lowest BCUT2D eigenvalue weighted by molar-refractivity contribution is 0.112. The van der Waals surface area contributed by atoms with Gasteiger partial charge in [-0.2, -0.15) is 0 Å². The van der Waals surface area contributed by atoms with Crippen LogP contribution in [0.25, 0.3) is 0 Å². The molecule has 0 amide bonds. The largest absolute Gasteiger partial charge is 0.400 e. The predicted octanol–water partition coefficient (Wildman–Crippen LogP) is -0.783. The Labute approximate surface area is 90.0 Å². The molecular formula is C10H14BNO3. The van der Waals surface area contributed by atoms with E-state index in [0.717, 1.165) is 7.11 Å². The summed E-state index contributed by atoms with van der Waals surface area (Å²) in [6.07, 6.45) is 0.549. The van der Waals surface area contributed by atoms with Gasteiger partial charge in [0.05, 0.1) is 5.56 Å². The number of aldehydes is 1. The van der Waals surface area contributed by atoms with Gasteiger partial charge in [-0.1, -0.05) is 0 Å². The summed E-state index contributed by atoms with van der Waals surface area (Å²) in [4.78, 5) is 22.0. The lowest BCUT2D eigenvalue weighted by Crippen LogP contribution is -2.35. The number of rotatable bonds is 1. The van der Waals surface area contributed by atoms with Crippen molar-refractivity contribution in [2.24, 2.45) is 7.05 Å². The van der Waals surface area contributed by atoms with Crippen molar-refractivity contribution in [2.75, 3.05) is 7.11 Å². The van der Waals surface area contributed by atoms with Gasteiger partial charge in [-0.3, -0.25) is 9.59 Å². The lowest BCUT2D eigenvalue weighted by atomic mass is 9.91. The van der Waals surface area contributed by atoms with E-state index >= 15 is 0 Å². The summed E-state index contributed by atoms with van der Waals surface area (Å²) in [5, 5.41) is 7.00. The monoisotopic (exact) mass is 207 g/mol. The van der Waals surface area contributed by atoms with Crippen LogP contribution >= 0.6 is 0 Å². The first-order chi connectivity index (χ1) is 7.00. The molecule has 1 aromatic heterocycles. The van der Waals surface area contributed by atoms with Crippen LogP contribution in [0.4, 0.5) is 0 Å². The molecule has 1 rings (SSSR count). The molecule has 1 aromatic rings. The summed E-state index contributed by atoms with van der Waals surface area (Å²) < 4.78 is 1.74. The van der Waals surface area contributed by atoms with E-state index in [2.05, 4.69) is 0 Å². The highest BCUT2D eigenvalue weighted by Gasteiger charge is 2.10. The van der Waals surface area contributed by atoms with E-state index < -0.39 is 0 Å². The standard InChI is InChI=1S/C9H10BNO2.CH4O/c1-5-7(4-12)9(13)8(10)6(2)11(5)3;1-2/h4H,1-3H3;2H,1H3. The van der Waals surface area contributed by atoms with E-state index in [4.69, 9.17) is 13.0 Å². The molecule has 0 unspecified atom stereocenters. The molecule has 0 aromatic carbocycles. The Bertz CT molecular complexity index is 424. The number of hydrogen-bond acceptors (Lipinski definition) is 3. The second kappa shape index (κ2) is 5.51. The minimum atomic E-state index is -0.372. The molecule has 0 aliphatic rings. The van der Waals surface area contributed by atoms with Gasteiger partial charge in [0.1, 0.15) is 7.85 Å². The maximum Gasteiger partial charge on any atom is 0.185 e. The molecule has 1 N–H and O–H groups in total. The topological polar surface area (TPSA) is 59.3 Å². The Morgan fingerprint density at radius 2 is 1.73 bits per heavy atom. The molecule has 1 heterocycles. The third kappa shape index (κ3) is 2.36. The van der Waals surface area contributed by atoms with Gasteiger partial charge >= 0.3 is 0 Å². The van der Waals surface area contributed by atoms with Crippen molar-refractivity contribution in [3.8, 4) is 0 Å². The van der Waals surface area contributed by atoms with Crippen LogP contribution in [-0.2, 0) is 7.05 Å². The summed E-state index contributed by atoms with van der Waals surface area (Å²) in [5.74, 6) is 0. The summed E-state index contributed by atoms with van der Waals surface area (Å²) in [7, 11) is 8.31. The summed E-state index contributed by atoms with van der Waals surface area (Å²) >= 11 is 0. The maximum atomic E-state index is 11.4. The fraction of sp³-hybridized carbons (Fsp3) is 0.400. The van der Waals surface area contributed by atoms with E-state index in [1.807, 2.05) is 0 Å². The molecule has 0 spiro atoms.